The van der Waals surface area contributed by atoms with Crippen LogP contribution in [0.25, 0.3) is 6.08 Å². The summed E-state index contributed by atoms with van der Waals surface area (Å²) in [5.74, 6) is -0.126. The minimum atomic E-state index is -0.126. The van der Waals surface area contributed by atoms with E-state index in [4.69, 9.17) is 23.2 Å². The predicted molar refractivity (Wildman–Crippen MR) is 73.0 cm³/mol. The number of nitrogens with zero attached hydrogens (tertiary/aromatic N) is 2. The van der Waals surface area contributed by atoms with E-state index in [0.717, 1.165) is 0 Å². The third-order valence-corrected chi connectivity index (χ3v) is 3.22. The number of halogens is 2. The van der Waals surface area contributed by atoms with Crippen LogP contribution in [-0.2, 0) is 7.05 Å². The topological polar surface area (TPSA) is 34.9 Å². The Bertz CT molecular complexity index is 617. The zero-order valence-corrected chi connectivity index (χ0v) is 11.1. The summed E-state index contributed by atoms with van der Waals surface area (Å²) in [5.41, 5.74) is 1.24. The molecule has 0 atom stereocenters. The number of benzene rings is 1. The number of aromatic nitrogens is 2. The molecule has 3 nitrogen and oxygen atoms in total. The molecule has 1 aromatic heterocycles. The Balaban J connectivity index is 2.21. The van der Waals surface area contributed by atoms with Crippen molar-refractivity contribution in [1.82, 2.24) is 9.78 Å². The van der Waals surface area contributed by atoms with Crippen molar-refractivity contribution in [1.29, 1.82) is 0 Å². The minimum Gasteiger partial charge on any atom is -0.289 e. The standard InChI is InChI=1S/C13H10Cl2N2O/c1-17-8-10(7-16-17)12(18)6-5-9-3-2-4-11(14)13(9)15/h2-8H,1H3/b6-5+. The Morgan fingerprint density at radius 2 is 2.17 bits per heavy atom. The summed E-state index contributed by atoms with van der Waals surface area (Å²) in [5, 5.41) is 4.84. The Morgan fingerprint density at radius 3 is 2.83 bits per heavy atom. The molecule has 0 saturated carbocycles. The second-order valence-electron chi connectivity index (χ2n) is 3.74. The van der Waals surface area contributed by atoms with E-state index in [-0.39, 0.29) is 5.78 Å². The van der Waals surface area contributed by atoms with Crippen molar-refractivity contribution < 1.29 is 4.79 Å². The highest BCUT2D eigenvalue weighted by Gasteiger charge is 2.05. The number of hydrogen-bond donors (Lipinski definition) is 0. The van der Waals surface area contributed by atoms with E-state index in [9.17, 15) is 4.79 Å². The van der Waals surface area contributed by atoms with Crippen LogP contribution in [0.15, 0.2) is 36.7 Å². The number of hydrogen-bond acceptors (Lipinski definition) is 2. The zero-order valence-electron chi connectivity index (χ0n) is 9.60. The number of rotatable bonds is 3. The van der Waals surface area contributed by atoms with Gasteiger partial charge >= 0.3 is 0 Å². The van der Waals surface area contributed by atoms with Crippen LogP contribution in [0.3, 0.4) is 0 Å². The van der Waals surface area contributed by atoms with E-state index in [1.165, 1.54) is 12.3 Å². The molecular weight excluding hydrogens is 271 g/mol. The Morgan fingerprint density at radius 1 is 1.39 bits per heavy atom. The van der Waals surface area contributed by atoms with Crippen LogP contribution in [0.1, 0.15) is 15.9 Å². The van der Waals surface area contributed by atoms with Gasteiger partial charge in [0, 0.05) is 13.2 Å². The Hall–Kier alpha value is -1.58. The van der Waals surface area contributed by atoms with Gasteiger partial charge in [0.2, 0.25) is 0 Å². The van der Waals surface area contributed by atoms with Gasteiger partial charge in [-0.3, -0.25) is 9.48 Å². The third-order valence-electron chi connectivity index (χ3n) is 2.39. The molecule has 0 saturated heterocycles. The summed E-state index contributed by atoms with van der Waals surface area (Å²) >= 11 is 11.9. The molecular formula is C13H10Cl2N2O. The maximum absolute atomic E-state index is 11.8. The molecule has 2 aromatic rings. The number of allylic oxidation sites excluding steroid dienone is 1. The fourth-order valence-corrected chi connectivity index (χ4v) is 1.83. The molecule has 0 fully saturated rings. The molecule has 0 amide bonds. The highest BCUT2D eigenvalue weighted by atomic mass is 35.5. The molecule has 0 bridgehead atoms. The molecule has 0 N–H and O–H groups in total. The molecule has 5 heteroatoms. The second kappa shape index (κ2) is 5.38. The van der Waals surface area contributed by atoms with Gasteiger partial charge in [-0.1, -0.05) is 35.3 Å². The van der Waals surface area contributed by atoms with Gasteiger partial charge in [0.1, 0.15) is 0 Å². The molecule has 92 valence electrons. The van der Waals surface area contributed by atoms with E-state index in [2.05, 4.69) is 5.10 Å². The van der Waals surface area contributed by atoms with Crippen molar-refractivity contribution in [2.45, 2.75) is 0 Å². The van der Waals surface area contributed by atoms with Crippen LogP contribution in [0.2, 0.25) is 10.0 Å². The van der Waals surface area contributed by atoms with Crippen molar-refractivity contribution >= 4 is 35.1 Å². The monoisotopic (exact) mass is 280 g/mol. The molecule has 2 rings (SSSR count). The zero-order chi connectivity index (χ0) is 13.1. The maximum atomic E-state index is 11.8. The van der Waals surface area contributed by atoms with E-state index < -0.39 is 0 Å². The first-order valence-electron chi connectivity index (χ1n) is 5.23. The Kier molecular flexibility index (Phi) is 3.84. The average Bonchev–Trinajstić information content (AvgIpc) is 2.77. The van der Waals surface area contributed by atoms with Crippen molar-refractivity contribution in [2.75, 3.05) is 0 Å². The number of aryl methyl sites for hydroxylation is 1. The van der Waals surface area contributed by atoms with E-state index in [1.54, 1.807) is 42.2 Å². The number of ketones is 1. The van der Waals surface area contributed by atoms with Crippen LogP contribution in [-0.4, -0.2) is 15.6 Å². The van der Waals surface area contributed by atoms with Crippen molar-refractivity contribution in [2.24, 2.45) is 7.05 Å². The van der Waals surface area contributed by atoms with Gasteiger partial charge in [-0.2, -0.15) is 5.10 Å². The molecule has 0 aliphatic carbocycles. The first-order valence-corrected chi connectivity index (χ1v) is 5.98. The fourth-order valence-electron chi connectivity index (χ4n) is 1.46. The number of carbonyl (C=O) groups is 1. The summed E-state index contributed by atoms with van der Waals surface area (Å²) in [6, 6.07) is 5.27. The SMILES string of the molecule is Cn1cc(C(=O)/C=C/c2cccc(Cl)c2Cl)cn1. The van der Waals surface area contributed by atoms with Crippen LogP contribution < -0.4 is 0 Å². The molecule has 0 unspecified atom stereocenters. The summed E-state index contributed by atoms with van der Waals surface area (Å²) in [4.78, 5) is 11.8. The lowest BCUT2D eigenvalue weighted by atomic mass is 10.1. The fraction of sp³-hybridized carbons (Fsp3) is 0.0769. The predicted octanol–water partition coefficient (Wildman–Crippen LogP) is 3.62. The molecule has 0 aliphatic rings. The van der Waals surface area contributed by atoms with Gasteiger partial charge in [-0.15, -0.1) is 0 Å². The average molecular weight is 281 g/mol. The summed E-state index contributed by atoms with van der Waals surface area (Å²) in [7, 11) is 1.76. The van der Waals surface area contributed by atoms with Gasteiger partial charge in [-0.25, -0.2) is 0 Å². The molecule has 0 radical (unpaired) electrons. The van der Waals surface area contributed by atoms with Crippen LogP contribution in [0.5, 0.6) is 0 Å². The van der Waals surface area contributed by atoms with Gasteiger partial charge in [-0.05, 0) is 23.8 Å². The molecule has 18 heavy (non-hydrogen) atoms. The maximum Gasteiger partial charge on any atom is 0.189 e. The van der Waals surface area contributed by atoms with Gasteiger partial charge in [0.05, 0.1) is 21.8 Å². The summed E-state index contributed by atoms with van der Waals surface area (Å²) in [6.45, 7) is 0. The minimum absolute atomic E-state index is 0.126. The molecule has 0 spiro atoms. The summed E-state index contributed by atoms with van der Waals surface area (Å²) < 4.78 is 1.58. The Labute approximate surface area is 115 Å². The van der Waals surface area contributed by atoms with E-state index in [1.807, 2.05) is 0 Å². The van der Waals surface area contributed by atoms with E-state index in [0.29, 0.717) is 21.2 Å². The lowest BCUT2D eigenvalue weighted by molar-refractivity contribution is 0.104. The summed E-state index contributed by atoms with van der Waals surface area (Å²) in [6.07, 6.45) is 6.27. The third kappa shape index (κ3) is 2.81. The van der Waals surface area contributed by atoms with Crippen molar-refractivity contribution in [3.8, 4) is 0 Å². The second-order valence-corrected chi connectivity index (χ2v) is 4.53. The van der Waals surface area contributed by atoms with Crippen molar-refractivity contribution in [3.05, 3.63) is 57.8 Å². The highest BCUT2D eigenvalue weighted by molar-refractivity contribution is 6.42. The van der Waals surface area contributed by atoms with Gasteiger partial charge in [0.15, 0.2) is 5.78 Å². The molecule has 1 aromatic carbocycles. The largest absolute Gasteiger partial charge is 0.289 e. The first-order chi connectivity index (χ1) is 8.58. The molecule has 1 heterocycles. The van der Waals surface area contributed by atoms with Gasteiger partial charge < -0.3 is 0 Å². The number of carbonyl (C=O) groups excluding carboxylic acids is 1. The van der Waals surface area contributed by atoms with Crippen LogP contribution in [0.4, 0.5) is 0 Å². The van der Waals surface area contributed by atoms with Gasteiger partial charge in [0.25, 0.3) is 0 Å². The van der Waals surface area contributed by atoms with Crippen LogP contribution >= 0.6 is 23.2 Å². The van der Waals surface area contributed by atoms with Crippen molar-refractivity contribution in [3.63, 3.8) is 0 Å². The lowest BCUT2D eigenvalue weighted by Crippen LogP contribution is -1.92. The van der Waals surface area contributed by atoms with Crippen LogP contribution in [0, 0.1) is 0 Å². The normalized spacial score (nSPS) is 11.1. The van der Waals surface area contributed by atoms with E-state index >= 15 is 0 Å². The first kappa shape index (κ1) is 12.9. The smallest absolute Gasteiger partial charge is 0.189 e. The molecule has 0 aliphatic heterocycles. The lowest BCUT2D eigenvalue weighted by Gasteiger charge is -1.99. The highest BCUT2D eigenvalue weighted by Crippen LogP contribution is 2.26. The quantitative estimate of drug-likeness (QED) is 0.636.